The van der Waals surface area contributed by atoms with E-state index < -0.39 is 18.4 Å². The number of aliphatic hydroxyl groups is 2. The molecule has 2 atom stereocenters. The Labute approximate surface area is 120 Å². The molecular weight excluding hydrogens is 272 g/mol. The first-order chi connectivity index (χ1) is 10.0. The maximum absolute atomic E-state index is 11.3. The zero-order valence-corrected chi connectivity index (χ0v) is 11.0. The van der Waals surface area contributed by atoms with Crippen LogP contribution in [0.3, 0.4) is 0 Å². The molecule has 1 aliphatic rings. The van der Waals surface area contributed by atoms with Crippen LogP contribution in [0.5, 0.6) is 5.75 Å². The van der Waals surface area contributed by atoms with Gasteiger partial charge in [-0.05, 0) is 12.1 Å². The molecule has 2 aromatic rings. The zero-order chi connectivity index (χ0) is 15.1. The van der Waals surface area contributed by atoms with Crippen LogP contribution >= 0.6 is 0 Å². The number of primary amides is 1. The molecule has 0 bridgehead atoms. The molecule has 0 aliphatic carbocycles. The molecule has 2 aromatic carbocycles. The van der Waals surface area contributed by atoms with E-state index in [1.54, 1.807) is 24.3 Å². The molecule has 0 saturated heterocycles. The van der Waals surface area contributed by atoms with Gasteiger partial charge in [-0.25, -0.2) is 0 Å². The third kappa shape index (κ3) is 1.93. The summed E-state index contributed by atoms with van der Waals surface area (Å²) in [5, 5.41) is 30.9. The quantitative estimate of drug-likeness (QED) is 0.658. The van der Waals surface area contributed by atoms with Crippen LogP contribution in [-0.4, -0.2) is 21.2 Å². The molecule has 6 nitrogen and oxygen atoms in total. The Bertz CT molecular complexity index is 688. The van der Waals surface area contributed by atoms with Gasteiger partial charge in [0.15, 0.2) is 18.2 Å². The maximum Gasteiger partial charge on any atom is 0.252 e. The lowest BCUT2D eigenvalue weighted by atomic mass is 10.1. The fraction of sp³-hybridized carbons (Fsp3) is 0.133. The summed E-state index contributed by atoms with van der Waals surface area (Å²) in [6.07, 6.45) is -2.24. The molecule has 0 spiro atoms. The van der Waals surface area contributed by atoms with E-state index in [1.807, 2.05) is 0 Å². The molecule has 1 heterocycles. The standard InChI is InChI=1S/C15H14N2O4/c16-13(19)10-6-3-7-11(12(10)18)17-14(20)8-4-1-2-5-9(8)15(17)21/h1-7,14-15,18,20-21H,(H2,16,19). The summed E-state index contributed by atoms with van der Waals surface area (Å²) >= 11 is 0. The van der Waals surface area contributed by atoms with Crippen molar-refractivity contribution in [3.63, 3.8) is 0 Å². The van der Waals surface area contributed by atoms with Crippen molar-refractivity contribution in [1.29, 1.82) is 0 Å². The second-order valence-electron chi connectivity index (χ2n) is 4.82. The number of nitrogens with two attached hydrogens (primary N) is 1. The van der Waals surface area contributed by atoms with Crippen molar-refractivity contribution in [2.75, 3.05) is 4.90 Å². The Hall–Kier alpha value is -2.57. The van der Waals surface area contributed by atoms with Crippen molar-refractivity contribution in [3.05, 3.63) is 59.2 Å². The number of aliphatic hydroxyl groups excluding tert-OH is 2. The van der Waals surface area contributed by atoms with Crippen molar-refractivity contribution in [2.24, 2.45) is 5.73 Å². The SMILES string of the molecule is NC(=O)c1cccc(N2C(O)c3ccccc3C2O)c1O. The molecular formula is C15H14N2O4. The van der Waals surface area contributed by atoms with Gasteiger partial charge in [0.05, 0.1) is 11.3 Å². The molecule has 0 radical (unpaired) electrons. The van der Waals surface area contributed by atoms with E-state index in [0.29, 0.717) is 11.1 Å². The molecule has 0 fully saturated rings. The highest BCUT2D eigenvalue weighted by atomic mass is 16.3. The molecule has 5 N–H and O–H groups in total. The number of amides is 1. The highest BCUT2D eigenvalue weighted by molar-refractivity contribution is 5.97. The Morgan fingerprint density at radius 3 is 2.10 bits per heavy atom. The molecule has 3 rings (SSSR count). The van der Waals surface area contributed by atoms with Gasteiger partial charge in [0.25, 0.3) is 5.91 Å². The molecule has 1 amide bonds. The second kappa shape index (κ2) is 4.76. The summed E-state index contributed by atoms with van der Waals surface area (Å²) in [7, 11) is 0. The molecule has 108 valence electrons. The van der Waals surface area contributed by atoms with Crippen LogP contribution in [0, 0.1) is 0 Å². The number of phenols is 1. The Morgan fingerprint density at radius 2 is 1.57 bits per heavy atom. The summed E-state index contributed by atoms with van der Waals surface area (Å²) in [6, 6.07) is 11.3. The predicted molar refractivity (Wildman–Crippen MR) is 75.5 cm³/mol. The molecule has 0 aromatic heterocycles. The number of carbonyl (C=O) groups is 1. The van der Waals surface area contributed by atoms with E-state index in [0.717, 1.165) is 0 Å². The molecule has 0 saturated carbocycles. The molecule has 1 aliphatic heterocycles. The highest BCUT2D eigenvalue weighted by Crippen LogP contribution is 2.45. The van der Waals surface area contributed by atoms with Gasteiger partial charge in [-0.3, -0.25) is 4.79 Å². The molecule has 6 heteroatoms. The van der Waals surface area contributed by atoms with Crippen LogP contribution in [-0.2, 0) is 0 Å². The highest BCUT2D eigenvalue weighted by Gasteiger charge is 2.37. The topological polar surface area (TPSA) is 107 Å². The first kappa shape index (κ1) is 13.4. The van der Waals surface area contributed by atoms with Crippen molar-refractivity contribution in [1.82, 2.24) is 0 Å². The Kier molecular flexibility index (Phi) is 3.04. The van der Waals surface area contributed by atoms with E-state index in [9.17, 15) is 20.1 Å². The van der Waals surface area contributed by atoms with Crippen LogP contribution in [0.15, 0.2) is 42.5 Å². The number of aromatic hydroxyl groups is 1. The Balaban J connectivity index is 2.11. The first-order valence-electron chi connectivity index (χ1n) is 6.37. The number of anilines is 1. The number of carbonyl (C=O) groups excluding carboxylic acids is 1. The van der Waals surface area contributed by atoms with E-state index in [4.69, 9.17) is 5.73 Å². The van der Waals surface area contributed by atoms with Crippen molar-refractivity contribution >= 4 is 11.6 Å². The number of rotatable bonds is 2. The van der Waals surface area contributed by atoms with Gasteiger partial charge in [-0.2, -0.15) is 0 Å². The number of fused-ring (bicyclic) bond motifs is 1. The summed E-state index contributed by atoms with van der Waals surface area (Å²) in [5.74, 6) is -1.15. The first-order valence-corrected chi connectivity index (χ1v) is 6.37. The normalized spacial score (nSPS) is 20.4. The largest absolute Gasteiger partial charge is 0.505 e. The summed E-state index contributed by atoms with van der Waals surface area (Å²) in [6.45, 7) is 0. The minimum Gasteiger partial charge on any atom is -0.505 e. The Morgan fingerprint density at radius 1 is 1.00 bits per heavy atom. The van der Waals surface area contributed by atoms with Gasteiger partial charge in [0, 0.05) is 11.1 Å². The number of hydrogen-bond acceptors (Lipinski definition) is 5. The number of hydrogen-bond donors (Lipinski definition) is 4. The van der Waals surface area contributed by atoms with Gasteiger partial charge in [0.1, 0.15) is 0 Å². The van der Waals surface area contributed by atoms with E-state index in [-0.39, 0.29) is 17.0 Å². The number of nitrogens with zero attached hydrogens (tertiary/aromatic N) is 1. The summed E-state index contributed by atoms with van der Waals surface area (Å²) < 4.78 is 0. The average molecular weight is 286 g/mol. The lowest BCUT2D eigenvalue weighted by Gasteiger charge is -2.27. The van der Waals surface area contributed by atoms with Gasteiger partial charge in [-0.1, -0.05) is 30.3 Å². The lowest BCUT2D eigenvalue weighted by Crippen LogP contribution is -2.26. The average Bonchev–Trinajstić information content (AvgIpc) is 2.72. The minimum absolute atomic E-state index is 0.0668. The predicted octanol–water partition coefficient (Wildman–Crippen LogP) is 0.993. The van der Waals surface area contributed by atoms with E-state index >= 15 is 0 Å². The van der Waals surface area contributed by atoms with Crippen LogP contribution in [0.2, 0.25) is 0 Å². The lowest BCUT2D eigenvalue weighted by molar-refractivity contribution is 0.0993. The van der Waals surface area contributed by atoms with Gasteiger partial charge in [0.2, 0.25) is 0 Å². The zero-order valence-electron chi connectivity index (χ0n) is 11.0. The number of para-hydroxylation sites is 1. The van der Waals surface area contributed by atoms with Gasteiger partial charge < -0.3 is 26.0 Å². The maximum atomic E-state index is 11.3. The molecule has 2 unspecified atom stereocenters. The van der Waals surface area contributed by atoms with Crippen molar-refractivity contribution in [2.45, 2.75) is 12.5 Å². The van der Waals surface area contributed by atoms with Gasteiger partial charge >= 0.3 is 0 Å². The summed E-state index contributed by atoms with van der Waals surface area (Å²) in [5.41, 5.74) is 6.37. The van der Waals surface area contributed by atoms with Crippen LogP contribution in [0.25, 0.3) is 0 Å². The third-order valence-electron chi connectivity index (χ3n) is 3.64. The van der Waals surface area contributed by atoms with Crippen molar-refractivity contribution in [3.8, 4) is 5.75 Å². The van der Waals surface area contributed by atoms with Crippen LogP contribution in [0.4, 0.5) is 5.69 Å². The number of benzene rings is 2. The van der Waals surface area contributed by atoms with Crippen molar-refractivity contribution < 1.29 is 20.1 Å². The van der Waals surface area contributed by atoms with Gasteiger partial charge in [-0.15, -0.1) is 0 Å². The molecule has 21 heavy (non-hydrogen) atoms. The van der Waals surface area contributed by atoms with E-state index in [2.05, 4.69) is 0 Å². The second-order valence-corrected chi connectivity index (χ2v) is 4.82. The van der Waals surface area contributed by atoms with E-state index in [1.165, 1.54) is 23.1 Å². The third-order valence-corrected chi connectivity index (χ3v) is 3.64. The van der Waals surface area contributed by atoms with Crippen LogP contribution < -0.4 is 10.6 Å². The fourth-order valence-electron chi connectivity index (χ4n) is 2.62. The van der Waals surface area contributed by atoms with Crippen LogP contribution in [0.1, 0.15) is 33.9 Å². The monoisotopic (exact) mass is 286 g/mol. The smallest absolute Gasteiger partial charge is 0.252 e. The summed E-state index contributed by atoms with van der Waals surface area (Å²) in [4.78, 5) is 12.5. The fourth-order valence-corrected chi connectivity index (χ4v) is 2.62. The minimum atomic E-state index is -1.12.